The number of hydrogen-bond acceptors (Lipinski definition) is 1. The minimum atomic E-state index is 0.150. The first kappa shape index (κ1) is 11.5. The molecule has 1 nitrogen and oxygen atoms in total. The maximum absolute atomic E-state index is 12.5. The van der Waals surface area contributed by atoms with E-state index in [0.717, 1.165) is 6.42 Å². The van der Waals surface area contributed by atoms with Gasteiger partial charge in [0.15, 0.2) is 0 Å². The fraction of sp³-hybridized carbons (Fsp3) is 0.533. The van der Waals surface area contributed by atoms with Crippen LogP contribution in [0.3, 0.4) is 0 Å². The first-order chi connectivity index (χ1) is 8.30. The Morgan fingerprint density at radius 3 is 2.53 bits per heavy atom. The molecule has 2 aliphatic carbocycles. The number of benzene rings is 1. The number of Topliss-reactive ketones (excluding diaryl/α,β-unsaturated/α-hetero) is 1. The molecule has 0 N–H and O–H groups in total. The van der Waals surface area contributed by atoms with Crippen LogP contribution < -0.4 is 4.46 Å². The van der Waals surface area contributed by atoms with Crippen molar-refractivity contribution in [2.45, 2.75) is 43.3 Å². The van der Waals surface area contributed by atoms with Gasteiger partial charge in [-0.3, -0.25) is 0 Å². The van der Waals surface area contributed by atoms with Crippen LogP contribution in [0.2, 0.25) is 4.82 Å². The van der Waals surface area contributed by atoms with Crippen molar-refractivity contribution in [2.75, 3.05) is 0 Å². The molecule has 17 heavy (non-hydrogen) atoms. The Kier molecular flexibility index (Phi) is 3.10. The number of carbonyl (C=O) groups excluding carboxylic acids is 1. The van der Waals surface area contributed by atoms with Gasteiger partial charge in [-0.15, -0.1) is 0 Å². The van der Waals surface area contributed by atoms with Gasteiger partial charge in [0.05, 0.1) is 0 Å². The SMILES string of the molecule is O=C1C([Se]c2ccccc2)CCCCC12CC2. The molecule has 90 valence electrons. The van der Waals surface area contributed by atoms with Crippen molar-refractivity contribution in [1.82, 2.24) is 0 Å². The Hall–Kier alpha value is -0.591. The summed E-state index contributed by atoms with van der Waals surface area (Å²) in [4.78, 5) is 12.9. The average molecular weight is 293 g/mol. The predicted molar refractivity (Wildman–Crippen MR) is 70.7 cm³/mol. The van der Waals surface area contributed by atoms with E-state index in [1.54, 1.807) is 0 Å². The van der Waals surface area contributed by atoms with Crippen LogP contribution in [0.5, 0.6) is 0 Å². The van der Waals surface area contributed by atoms with Gasteiger partial charge in [-0.05, 0) is 0 Å². The number of carbonyl (C=O) groups is 1. The molecule has 2 saturated carbocycles. The van der Waals surface area contributed by atoms with Crippen molar-refractivity contribution >= 4 is 25.2 Å². The fourth-order valence-electron chi connectivity index (χ4n) is 2.81. The topological polar surface area (TPSA) is 17.1 Å². The Balaban J connectivity index is 1.75. The Morgan fingerprint density at radius 2 is 1.82 bits per heavy atom. The molecule has 0 heterocycles. The summed E-state index contributed by atoms with van der Waals surface area (Å²) in [6.07, 6.45) is 7.18. The monoisotopic (exact) mass is 294 g/mol. The van der Waals surface area contributed by atoms with Gasteiger partial charge in [-0.1, -0.05) is 0 Å². The molecule has 0 saturated heterocycles. The van der Waals surface area contributed by atoms with Crippen molar-refractivity contribution in [3.8, 4) is 0 Å². The molecule has 1 atom stereocenters. The summed E-state index contributed by atoms with van der Waals surface area (Å²) in [6, 6.07) is 10.6. The number of ketones is 1. The molecule has 0 aromatic heterocycles. The van der Waals surface area contributed by atoms with Crippen LogP contribution in [0.4, 0.5) is 0 Å². The molecular formula is C15H18OSe. The molecule has 2 heteroatoms. The van der Waals surface area contributed by atoms with Crippen molar-refractivity contribution in [3.05, 3.63) is 30.3 Å². The van der Waals surface area contributed by atoms with Crippen LogP contribution in [-0.2, 0) is 4.79 Å². The third-order valence-electron chi connectivity index (χ3n) is 4.06. The van der Waals surface area contributed by atoms with Gasteiger partial charge in [0.1, 0.15) is 0 Å². The molecule has 0 aliphatic heterocycles. The van der Waals surface area contributed by atoms with Crippen LogP contribution in [0.25, 0.3) is 0 Å². The minimum absolute atomic E-state index is 0.150. The Bertz CT molecular complexity index is 408. The first-order valence-electron chi connectivity index (χ1n) is 6.56. The van der Waals surface area contributed by atoms with Crippen molar-refractivity contribution in [1.29, 1.82) is 0 Å². The van der Waals surface area contributed by atoms with Crippen molar-refractivity contribution < 1.29 is 4.79 Å². The first-order valence-corrected chi connectivity index (χ1v) is 8.41. The fourth-order valence-corrected chi connectivity index (χ4v) is 5.51. The van der Waals surface area contributed by atoms with Gasteiger partial charge < -0.3 is 0 Å². The van der Waals surface area contributed by atoms with Crippen molar-refractivity contribution in [2.24, 2.45) is 5.41 Å². The van der Waals surface area contributed by atoms with Crippen LogP contribution in [0, 0.1) is 5.41 Å². The molecule has 2 aliphatic rings. The molecule has 1 aromatic rings. The number of hydrogen-bond donors (Lipinski definition) is 0. The van der Waals surface area contributed by atoms with Crippen LogP contribution in [0.15, 0.2) is 30.3 Å². The standard InChI is InChI=1S/C15H18OSe/c16-14-13(17-12-6-2-1-3-7-12)8-4-5-9-15(14)10-11-15/h1-3,6-7,13H,4-5,8-11H2. The van der Waals surface area contributed by atoms with Crippen LogP contribution in [-0.4, -0.2) is 20.7 Å². The van der Waals surface area contributed by atoms with E-state index < -0.39 is 0 Å². The van der Waals surface area contributed by atoms with E-state index in [2.05, 4.69) is 30.3 Å². The summed E-state index contributed by atoms with van der Waals surface area (Å²) in [5, 5.41) is 0. The summed E-state index contributed by atoms with van der Waals surface area (Å²) in [7, 11) is 0. The van der Waals surface area contributed by atoms with Gasteiger partial charge in [0, 0.05) is 0 Å². The van der Waals surface area contributed by atoms with Gasteiger partial charge in [0.2, 0.25) is 0 Å². The molecule has 3 rings (SSSR count). The second-order valence-electron chi connectivity index (χ2n) is 5.31. The van der Waals surface area contributed by atoms with Gasteiger partial charge in [-0.25, -0.2) is 0 Å². The zero-order chi connectivity index (χ0) is 11.7. The quantitative estimate of drug-likeness (QED) is 0.766. The van der Waals surface area contributed by atoms with Gasteiger partial charge in [0.25, 0.3) is 0 Å². The third kappa shape index (κ3) is 2.34. The zero-order valence-corrected chi connectivity index (χ0v) is 11.7. The second kappa shape index (κ2) is 4.59. The average Bonchev–Trinajstić information content (AvgIpc) is 3.15. The molecule has 0 radical (unpaired) electrons. The van der Waals surface area contributed by atoms with E-state index in [0.29, 0.717) is 25.6 Å². The van der Waals surface area contributed by atoms with Crippen molar-refractivity contribution in [3.63, 3.8) is 0 Å². The molecule has 1 spiro atoms. The summed E-state index contributed by atoms with van der Waals surface area (Å²) >= 11 is 0.346. The molecule has 1 unspecified atom stereocenters. The third-order valence-corrected chi connectivity index (χ3v) is 6.74. The normalized spacial score (nSPS) is 26.8. The summed E-state index contributed by atoms with van der Waals surface area (Å²) < 4.78 is 1.39. The molecule has 1 aromatic carbocycles. The Morgan fingerprint density at radius 1 is 1.06 bits per heavy atom. The van der Waals surface area contributed by atoms with E-state index in [-0.39, 0.29) is 5.41 Å². The van der Waals surface area contributed by atoms with Gasteiger partial charge >= 0.3 is 109 Å². The Labute approximate surface area is 109 Å². The maximum atomic E-state index is 12.5. The van der Waals surface area contributed by atoms with E-state index in [4.69, 9.17) is 0 Å². The molecule has 0 amide bonds. The second-order valence-corrected chi connectivity index (χ2v) is 7.99. The molecule has 0 bridgehead atoms. The van der Waals surface area contributed by atoms with E-state index >= 15 is 0 Å². The number of rotatable bonds is 2. The van der Waals surface area contributed by atoms with E-state index in [9.17, 15) is 4.79 Å². The van der Waals surface area contributed by atoms with E-state index in [1.807, 2.05) is 0 Å². The molecular weight excluding hydrogens is 275 g/mol. The van der Waals surface area contributed by atoms with Crippen LogP contribution in [0.1, 0.15) is 38.5 Å². The van der Waals surface area contributed by atoms with Gasteiger partial charge in [-0.2, -0.15) is 0 Å². The molecule has 2 fully saturated rings. The summed E-state index contributed by atoms with van der Waals surface area (Å²) in [6.45, 7) is 0. The summed E-state index contributed by atoms with van der Waals surface area (Å²) in [5.74, 6) is 0.610. The van der Waals surface area contributed by atoms with E-state index in [1.165, 1.54) is 36.6 Å². The van der Waals surface area contributed by atoms with Crippen LogP contribution >= 0.6 is 0 Å². The zero-order valence-electron chi connectivity index (χ0n) is 10.0. The predicted octanol–water partition coefficient (Wildman–Crippen LogP) is 2.73. The summed E-state index contributed by atoms with van der Waals surface area (Å²) in [5.41, 5.74) is 0.150.